The Morgan fingerprint density at radius 2 is 1.67 bits per heavy atom. The smallest absolute Gasteiger partial charge is 0.146 e. The van der Waals surface area contributed by atoms with E-state index in [0.717, 1.165) is 32.6 Å². The fraction of sp³-hybridized carbons (Fsp3) is 0.650. The quantitative estimate of drug-likeness (QED) is 0.597. The fourth-order valence-corrected chi connectivity index (χ4v) is 3.29. The topological polar surface area (TPSA) is 23.6 Å². The fourth-order valence-electron chi connectivity index (χ4n) is 3.29. The molecule has 0 aromatic heterocycles. The third-order valence-corrected chi connectivity index (χ3v) is 4.77. The second-order valence-electron chi connectivity index (χ2n) is 6.77. The molecule has 0 aliphatic carbocycles. The molecule has 134 valence electrons. The number of ketones is 1. The minimum absolute atomic E-state index is 0.162. The highest BCUT2D eigenvalue weighted by atomic mass is 19.1. The molecule has 0 N–H and O–H groups in total. The van der Waals surface area contributed by atoms with Crippen LogP contribution >= 0.6 is 0 Å². The molecule has 1 heterocycles. The van der Waals surface area contributed by atoms with Crippen LogP contribution in [-0.4, -0.2) is 43.4 Å². The van der Waals surface area contributed by atoms with Gasteiger partial charge in [0.25, 0.3) is 0 Å². The standard InChI is InChI=1S/C20H31FN2O/c1-2-3-4-5-6-7-10-18(24)17-22-13-15-23(16-14-22)20-12-9-8-11-19(20)21/h8-9,11-12H,2-7,10,13-17H2,1H3. The van der Waals surface area contributed by atoms with Crippen molar-refractivity contribution >= 4 is 11.5 Å². The van der Waals surface area contributed by atoms with Crippen LogP contribution in [0.3, 0.4) is 0 Å². The number of Topliss-reactive ketones (excluding diaryl/α,β-unsaturated/α-hetero) is 1. The number of carbonyl (C=O) groups excluding carboxylic acids is 1. The van der Waals surface area contributed by atoms with E-state index in [1.165, 1.54) is 38.2 Å². The van der Waals surface area contributed by atoms with Crippen LogP contribution in [-0.2, 0) is 4.79 Å². The third-order valence-electron chi connectivity index (χ3n) is 4.77. The van der Waals surface area contributed by atoms with Gasteiger partial charge in [-0.05, 0) is 18.6 Å². The second kappa shape index (κ2) is 10.4. The molecule has 1 fully saturated rings. The monoisotopic (exact) mass is 334 g/mol. The number of nitrogens with zero attached hydrogens (tertiary/aromatic N) is 2. The van der Waals surface area contributed by atoms with Crippen LogP contribution in [0.2, 0.25) is 0 Å². The van der Waals surface area contributed by atoms with Crippen molar-refractivity contribution in [3.8, 4) is 0 Å². The Balaban J connectivity index is 1.62. The van der Waals surface area contributed by atoms with Crippen molar-refractivity contribution < 1.29 is 9.18 Å². The maximum atomic E-state index is 13.8. The minimum atomic E-state index is -0.162. The summed E-state index contributed by atoms with van der Waals surface area (Å²) in [6, 6.07) is 6.92. The summed E-state index contributed by atoms with van der Waals surface area (Å²) in [7, 11) is 0. The number of para-hydroxylation sites is 1. The molecule has 1 aromatic carbocycles. The van der Waals surface area contributed by atoms with E-state index in [1.807, 2.05) is 12.1 Å². The molecule has 2 rings (SSSR count). The number of carbonyl (C=O) groups is 1. The average molecular weight is 334 g/mol. The Morgan fingerprint density at radius 3 is 2.38 bits per heavy atom. The van der Waals surface area contributed by atoms with E-state index in [1.54, 1.807) is 6.07 Å². The molecule has 3 nitrogen and oxygen atoms in total. The Hall–Kier alpha value is -1.42. The first-order valence-corrected chi connectivity index (χ1v) is 9.44. The summed E-state index contributed by atoms with van der Waals surface area (Å²) in [6.07, 6.45) is 8.02. The van der Waals surface area contributed by atoms with Gasteiger partial charge < -0.3 is 4.90 Å². The Labute approximate surface area is 145 Å². The van der Waals surface area contributed by atoms with Gasteiger partial charge in [0.1, 0.15) is 11.6 Å². The number of benzene rings is 1. The van der Waals surface area contributed by atoms with Gasteiger partial charge in [-0.25, -0.2) is 4.39 Å². The van der Waals surface area contributed by atoms with Gasteiger partial charge in [-0.1, -0.05) is 51.2 Å². The number of hydrogen-bond acceptors (Lipinski definition) is 3. The largest absolute Gasteiger partial charge is 0.367 e. The van der Waals surface area contributed by atoms with E-state index >= 15 is 0 Å². The summed E-state index contributed by atoms with van der Waals surface area (Å²) in [5, 5.41) is 0. The number of piperazine rings is 1. The first-order chi connectivity index (χ1) is 11.7. The van der Waals surface area contributed by atoms with Gasteiger partial charge in [-0.15, -0.1) is 0 Å². The lowest BCUT2D eigenvalue weighted by atomic mass is 10.1. The lowest BCUT2D eigenvalue weighted by molar-refractivity contribution is -0.120. The molecule has 0 radical (unpaired) electrons. The zero-order valence-corrected chi connectivity index (χ0v) is 15.0. The highest BCUT2D eigenvalue weighted by Crippen LogP contribution is 2.20. The van der Waals surface area contributed by atoms with Crippen molar-refractivity contribution in [2.75, 3.05) is 37.6 Å². The van der Waals surface area contributed by atoms with Gasteiger partial charge in [-0.2, -0.15) is 0 Å². The summed E-state index contributed by atoms with van der Waals surface area (Å²) >= 11 is 0. The number of anilines is 1. The summed E-state index contributed by atoms with van der Waals surface area (Å²) in [5.74, 6) is 0.190. The van der Waals surface area contributed by atoms with Gasteiger partial charge in [0.15, 0.2) is 0 Å². The highest BCUT2D eigenvalue weighted by molar-refractivity contribution is 5.80. The lowest BCUT2D eigenvalue weighted by Crippen LogP contribution is -2.48. The summed E-state index contributed by atoms with van der Waals surface area (Å²) in [4.78, 5) is 16.4. The van der Waals surface area contributed by atoms with Crippen molar-refractivity contribution in [1.82, 2.24) is 4.90 Å². The van der Waals surface area contributed by atoms with Crippen LogP contribution in [0.5, 0.6) is 0 Å². The Kier molecular flexibility index (Phi) is 8.23. The average Bonchev–Trinajstić information content (AvgIpc) is 2.59. The maximum absolute atomic E-state index is 13.8. The Morgan fingerprint density at radius 1 is 1.00 bits per heavy atom. The SMILES string of the molecule is CCCCCCCCC(=O)CN1CCN(c2ccccc2F)CC1. The molecular weight excluding hydrogens is 303 g/mol. The molecule has 0 spiro atoms. The van der Waals surface area contributed by atoms with E-state index in [-0.39, 0.29) is 5.82 Å². The molecule has 0 saturated carbocycles. The molecule has 1 aromatic rings. The number of halogens is 1. The molecule has 0 atom stereocenters. The first-order valence-electron chi connectivity index (χ1n) is 9.44. The summed E-state index contributed by atoms with van der Waals surface area (Å²) < 4.78 is 13.8. The minimum Gasteiger partial charge on any atom is -0.367 e. The summed E-state index contributed by atoms with van der Waals surface area (Å²) in [5.41, 5.74) is 0.676. The van der Waals surface area contributed by atoms with Crippen molar-refractivity contribution in [3.63, 3.8) is 0 Å². The lowest BCUT2D eigenvalue weighted by Gasteiger charge is -2.35. The highest BCUT2D eigenvalue weighted by Gasteiger charge is 2.20. The zero-order chi connectivity index (χ0) is 17.2. The first kappa shape index (κ1) is 18.9. The maximum Gasteiger partial charge on any atom is 0.146 e. The van der Waals surface area contributed by atoms with Crippen LogP contribution < -0.4 is 4.90 Å². The van der Waals surface area contributed by atoms with Crippen molar-refractivity contribution in [1.29, 1.82) is 0 Å². The second-order valence-corrected chi connectivity index (χ2v) is 6.77. The molecule has 1 aliphatic heterocycles. The summed E-state index contributed by atoms with van der Waals surface area (Å²) in [6.45, 7) is 6.00. The zero-order valence-electron chi connectivity index (χ0n) is 15.0. The van der Waals surface area contributed by atoms with Gasteiger partial charge >= 0.3 is 0 Å². The van der Waals surface area contributed by atoms with Crippen molar-refractivity contribution in [2.45, 2.75) is 51.9 Å². The van der Waals surface area contributed by atoms with Crippen molar-refractivity contribution in [2.24, 2.45) is 0 Å². The van der Waals surface area contributed by atoms with Crippen LogP contribution in [0.25, 0.3) is 0 Å². The van der Waals surface area contributed by atoms with Crippen LogP contribution in [0.4, 0.5) is 10.1 Å². The van der Waals surface area contributed by atoms with E-state index in [0.29, 0.717) is 24.4 Å². The Bertz CT molecular complexity index is 498. The van der Waals surface area contributed by atoms with Crippen molar-refractivity contribution in [3.05, 3.63) is 30.1 Å². The normalized spacial score (nSPS) is 15.7. The number of unbranched alkanes of at least 4 members (excludes halogenated alkanes) is 5. The van der Waals surface area contributed by atoms with Crippen LogP contribution in [0.15, 0.2) is 24.3 Å². The van der Waals surface area contributed by atoms with E-state index < -0.39 is 0 Å². The van der Waals surface area contributed by atoms with Gasteiger partial charge in [0.05, 0.1) is 12.2 Å². The molecule has 0 unspecified atom stereocenters. The predicted octanol–water partition coefficient (Wildman–Crippen LogP) is 4.27. The molecule has 0 bridgehead atoms. The molecule has 24 heavy (non-hydrogen) atoms. The predicted molar refractivity (Wildman–Crippen MR) is 98.1 cm³/mol. The number of hydrogen-bond donors (Lipinski definition) is 0. The molecule has 0 amide bonds. The van der Waals surface area contributed by atoms with E-state index in [9.17, 15) is 9.18 Å². The van der Waals surface area contributed by atoms with E-state index in [4.69, 9.17) is 0 Å². The third kappa shape index (κ3) is 6.23. The molecule has 1 aliphatic rings. The van der Waals surface area contributed by atoms with Crippen LogP contribution in [0, 0.1) is 5.82 Å². The molecule has 4 heteroatoms. The number of rotatable bonds is 10. The van der Waals surface area contributed by atoms with Gasteiger partial charge in [-0.3, -0.25) is 9.69 Å². The molecular formula is C20H31FN2O. The van der Waals surface area contributed by atoms with Crippen LogP contribution in [0.1, 0.15) is 51.9 Å². The van der Waals surface area contributed by atoms with Gasteiger partial charge in [0.2, 0.25) is 0 Å². The van der Waals surface area contributed by atoms with E-state index in [2.05, 4.69) is 16.7 Å². The van der Waals surface area contributed by atoms with Gasteiger partial charge in [0, 0.05) is 32.6 Å². The molecule has 1 saturated heterocycles.